The first-order valence-electron chi connectivity index (χ1n) is 4.23. The summed E-state index contributed by atoms with van der Waals surface area (Å²) in [7, 11) is 1.82. The molecule has 0 bridgehead atoms. The maximum atomic E-state index is 9.02. The van der Waals surface area contributed by atoms with Gasteiger partial charge in [-0.05, 0) is 13.0 Å². The van der Waals surface area contributed by atoms with E-state index in [2.05, 4.69) is 10.1 Å². The number of rotatable bonds is 1. The van der Waals surface area contributed by atoms with Crippen LogP contribution in [0.2, 0.25) is 5.15 Å². The van der Waals surface area contributed by atoms with Gasteiger partial charge < -0.3 is 5.11 Å². The molecule has 0 radical (unpaired) electrons. The standard InChI is InChI=1S/C9H10ClN3O/c1-5-7-3-6(4-14)8(10)11-9(7)13(2)12-5/h3,14H,4H2,1-2H3. The molecular formula is C9H10ClN3O. The first kappa shape index (κ1) is 9.43. The Bertz CT molecular complexity index is 492. The summed E-state index contributed by atoms with van der Waals surface area (Å²) in [6, 6.07) is 1.83. The predicted octanol–water partition coefficient (Wildman–Crippen LogP) is 1.42. The van der Waals surface area contributed by atoms with E-state index in [0.29, 0.717) is 10.7 Å². The van der Waals surface area contributed by atoms with Crippen molar-refractivity contribution < 1.29 is 5.11 Å². The van der Waals surface area contributed by atoms with E-state index in [4.69, 9.17) is 16.7 Å². The van der Waals surface area contributed by atoms with Gasteiger partial charge in [0.25, 0.3) is 0 Å². The second kappa shape index (κ2) is 3.22. The third-order valence-corrected chi connectivity index (χ3v) is 2.52. The van der Waals surface area contributed by atoms with Crippen molar-refractivity contribution in [2.75, 3.05) is 0 Å². The van der Waals surface area contributed by atoms with Crippen molar-refractivity contribution in [1.82, 2.24) is 14.8 Å². The smallest absolute Gasteiger partial charge is 0.159 e. The molecule has 0 fully saturated rings. The third kappa shape index (κ3) is 1.27. The van der Waals surface area contributed by atoms with Crippen LogP contribution in [0.3, 0.4) is 0 Å². The Morgan fingerprint density at radius 3 is 2.93 bits per heavy atom. The number of pyridine rings is 1. The largest absolute Gasteiger partial charge is 0.392 e. The highest BCUT2D eigenvalue weighted by Gasteiger charge is 2.10. The molecular weight excluding hydrogens is 202 g/mol. The Morgan fingerprint density at radius 1 is 1.57 bits per heavy atom. The summed E-state index contributed by atoms with van der Waals surface area (Å²) in [5.74, 6) is 0. The molecule has 2 rings (SSSR count). The van der Waals surface area contributed by atoms with E-state index in [9.17, 15) is 0 Å². The van der Waals surface area contributed by atoms with Crippen molar-refractivity contribution in [2.45, 2.75) is 13.5 Å². The topological polar surface area (TPSA) is 50.9 Å². The van der Waals surface area contributed by atoms with Crippen LogP contribution in [0.15, 0.2) is 6.07 Å². The summed E-state index contributed by atoms with van der Waals surface area (Å²) >= 11 is 5.87. The number of halogens is 1. The molecule has 1 N–H and O–H groups in total. The lowest BCUT2D eigenvalue weighted by molar-refractivity contribution is 0.281. The highest BCUT2D eigenvalue weighted by Crippen LogP contribution is 2.22. The third-order valence-electron chi connectivity index (χ3n) is 2.20. The van der Waals surface area contributed by atoms with Crippen LogP contribution in [0.25, 0.3) is 11.0 Å². The average Bonchev–Trinajstić information content (AvgIpc) is 2.41. The van der Waals surface area contributed by atoms with Gasteiger partial charge in [0, 0.05) is 18.0 Å². The zero-order valence-electron chi connectivity index (χ0n) is 7.95. The van der Waals surface area contributed by atoms with E-state index in [1.165, 1.54) is 0 Å². The molecule has 0 aliphatic rings. The van der Waals surface area contributed by atoms with E-state index < -0.39 is 0 Å². The van der Waals surface area contributed by atoms with Gasteiger partial charge in [-0.15, -0.1) is 0 Å². The average molecular weight is 212 g/mol. The number of fused-ring (bicyclic) bond motifs is 1. The number of aryl methyl sites for hydroxylation is 2. The van der Waals surface area contributed by atoms with Crippen LogP contribution in [-0.4, -0.2) is 19.9 Å². The van der Waals surface area contributed by atoms with Crippen LogP contribution < -0.4 is 0 Å². The zero-order chi connectivity index (χ0) is 10.3. The molecule has 0 amide bonds. The van der Waals surface area contributed by atoms with Crippen molar-refractivity contribution >= 4 is 22.6 Å². The monoisotopic (exact) mass is 211 g/mol. The molecule has 0 atom stereocenters. The summed E-state index contributed by atoms with van der Waals surface area (Å²) in [4.78, 5) is 4.17. The summed E-state index contributed by atoms with van der Waals surface area (Å²) < 4.78 is 1.68. The minimum Gasteiger partial charge on any atom is -0.392 e. The van der Waals surface area contributed by atoms with Crippen LogP contribution in [0, 0.1) is 6.92 Å². The van der Waals surface area contributed by atoms with Crippen molar-refractivity contribution in [2.24, 2.45) is 7.05 Å². The molecule has 0 aromatic carbocycles. The Morgan fingerprint density at radius 2 is 2.29 bits per heavy atom. The van der Waals surface area contributed by atoms with Gasteiger partial charge in [-0.3, -0.25) is 4.68 Å². The lowest BCUT2D eigenvalue weighted by atomic mass is 10.2. The maximum Gasteiger partial charge on any atom is 0.159 e. The van der Waals surface area contributed by atoms with E-state index >= 15 is 0 Å². The molecule has 74 valence electrons. The second-order valence-corrected chi connectivity index (χ2v) is 3.53. The van der Waals surface area contributed by atoms with Gasteiger partial charge >= 0.3 is 0 Å². The molecule has 0 unspecified atom stereocenters. The number of hydrogen-bond acceptors (Lipinski definition) is 3. The Balaban J connectivity index is 2.82. The predicted molar refractivity (Wildman–Crippen MR) is 54.2 cm³/mol. The minimum absolute atomic E-state index is 0.101. The van der Waals surface area contributed by atoms with Crippen molar-refractivity contribution in [3.63, 3.8) is 0 Å². The lowest BCUT2D eigenvalue weighted by Crippen LogP contribution is -1.94. The first-order valence-corrected chi connectivity index (χ1v) is 4.61. The number of hydrogen-bond donors (Lipinski definition) is 1. The highest BCUT2D eigenvalue weighted by molar-refractivity contribution is 6.30. The van der Waals surface area contributed by atoms with Crippen molar-refractivity contribution in [1.29, 1.82) is 0 Å². The molecule has 4 nitrogen and oxygen atoms in total. The van der Waals surface area contributed by atoms with Gasteiger partial charge in [0.05, 0.1) is 12.3 Å². The number of aromatic nitrogens is 3. The molecule has 2 heterocycles. The summed E-state index contributed by atoms with van der Waals surface area (Å²) in [5.41, 5.74) is 2.27. The molecule has 0 saturated heterocycles. The second-order valence-electron chi connectivity index (χ2n) is 3.18. The van der Waals surface area contributed by atoms with Crippen LogP contribution in [0.4, 0.5) is 0 Å². The van der Waals surface area contributed by atoms with Gasteiger partial charge in [-0.2, -0.15) is 5.10 Å². The summed E-state index contributed by atoms with van der Waals surface area (Å²) in [6.07, 6.45) is 0. The summed E-state index contributed by atoms with van der Waals surface area (Å²) in [6.45, 7) is 1.80. The van der Waals surface area contributed by atoms with E-state index in [1.54, 1.807) is 4.68 Å². The highest BCUT2D eigenvalue weighted by atomic mass is 35.5. The number of aliphatic hydroxyl groups excluding tert-OH is 1. The molecule has 2 aromatic heterocycles. The lowest BCUT2D eigenvalue weighted by Gasteiger charge is -2.00. The van der Waals surface area contributed by atoms with Crippen LogP contribution in [0.5, 0.6) is 0 Å². The SMILES string of the molecule is Cc1nn(C)c2nc(Cl)c(CO)cc12. The quantitative estimate of drug-likeness (QED) is 0.726. The molecule has 0 spiro atoms. The Labute approximate surface area is 86.1 Å². The molecule has 0 saturated carbocycles. The van der Waals surface area contributed by atoms with Crippen LogP contribution in [-0.2, 0) is 13.7 Å². The van der Waals surface area contributed by atoms with E-state index in [0.717, 1.165) is 16.7 Å². The van der Waals surface area contributed by atoms with Gasteiger partial charge in [0.2, 0.25) is 0 Å². The van der Waals surface area contributed by atoms with Crippen molar-refractivity contribution in [3.05, 3.63) is 22.5 Å². The fourth-order valence-electron chi connectivity index (χ4n) is 1.47. The fourth-order valence-corrected chi connectivity index (χ4v) is 1.67. The number of aliphatic hydroxyl groups is 1. The van der Waals surface area contributed by atoms with Gasteiger partial charge in [0.15, 0.2) is 5.65 Å². The molecule has 2 aromatic rings. The molecule has 5 heteroatoms. The number of nitrogens with zero attached hydrogens (tertiary/aromatic N) is 3. The van der Waals surface area contributed by atoms with E-state index in [-0.39, 0.29) is 6.61 Å². The van der Waals surface area contributed by atoms with Crippen LogP contribution in [0.1, 0.15) is 11.3 Å². The minimum atomic E-state index is -0.101. The van der Waals surface area contributed by atoms with Gasteiger partial charge in [-0.1, -0.05) is 11.6 Å². The molecule has 0 aliphatic heterocycles. The zero-order valence-corrected chi connectivity index (χ0v) is 8.71. The summed E-state index contributed by atoms with van der Waals surface area (Å²) in [5, 5.41) is 14.5. The van der Waals surface area contributed by atoms with Gasteiger partial charge in [-0.25, -0.2) is 4.98 Å². The fraction of sp³-hybridized carbons (Fsp3) is 0.333. The normalized spacial score (nSPS) is 11.1. The Kier molecular flexibility index (Phi) is 2.17. The molecule has 0 aliphatic carbocycles. The van der Waals surface area contributed by atoms with Crippen molar-refractivity contribution in [3.8, 4) is 0 Å². The first-order chi connectivity index (χ1) is 6.63. The van der Waals surface area contributed by atoms with E-state index in [1.807, 2.05) is 20.0 Å². The Hall–Kier alpha value is -1.13. The molecule has 14 heavy (non-hydrogen) atoms. The maximum absolute atomic E-state index is 9.02. The van der Waals surface area contributed by atoms with Crippen LogP contribution >= 0.6 is 11.6 Å². The van der Waals surface area contributed by atoms with Gasteiger partial charge in [0.1, 0.15) is 5.15 Å².